The van der Waals surface area contributed by atoms with E-state index in [1.54, 1.807) is 0 Å². The summed E-state index contributed by atoms with van der Waals surface area (Å²) in [6, 6.07) is 0. The van der Waals surface area contributed by atoms with Crippen LogP contribution >= 0.6 is 12.0 Å². The van der Waals surface area contributed by atoms with E-state index in [1.165, 1.54) is 6.92 Å². The van der Waals surface area contributed by atoms with E-state index >= 15 is 0 Å². The summed E-state index contributed by atoms with van der Waals surface area (Å²) in [6.45, 7) is 3.32. The summed E-state index contributed by atoms with van der Waals surface area (Å²) in [4.78, 5) is 10.1. The molecule has 9 heavy (non-hydrogen) atoms. The van der Waals surface area contributed by atoms with Gasteiger partial charge in [-0.3, -0.25) is 4.79 Å². The molecule has 0 fully saturated rings. The Morgan fingerprint density at radius 2 is 2.44 bits per heavy atom. The van der Waals surface area contributed by atoms with Gasteiger partial charge < -0.3 is 4.18 Å². The first kappa shape index (κ1) is 8.56. The fourth-order valence-electron chi connectivity index (χ4n) is 0.253. The molecule has 0 amide bonds. The van der Waals surface area contributed by atoms with Gasteiger partial charge in [-0.05, 0) is 6.92 Å². The molecule has 0 bridgehead atoms. The third-order valence-corrected chi connectivity index (χ3v) is 1.26. The van der Waals surface area contributed by atoms with Crippen LogP contribution in [0.15, 0.2) is 12.2 Å². The molecule has 0 N–H and O–H groups in total. The lowest BCUT2D eigenvalue weighted by Crippen LogP contribution is -1.89. The fourth-order valence-corrected chi connectivity index (χ4v) is 0.758. The predicted octanol–water partition coefficient (Wildman–Crippen LogP) is 1.77. The Balaban J connectivity index is 3.01. The predicted molar refractivity (Wildman–Crippen MR) is 39.0 cm³/mol. The molecule has 0 radical (unpaired) electrons. The van der Waals surface area contributed by atoms with E-state index in [1.807, 2.05) is 19.1 Å². The van der Waals surface area contributed by atoms with Crippen molar-refractivity contribution in [2.45, 2.75) is 13.8 Å². The van der Waals surface area contributed by atoms with Crippen molar-refractivity contribution < 1.29 is 8.98 Å². The van der Waals surface area contributed by atoms with Crippen LogP contribution in [-0.4, -0.2) is 11.7 Å². The Bertz CT molecular complexity index is 110. The summed E-state index contributed by atoms with van der Waals surface area (Å²) in [7, 11) is 0. The monoisotopic (exact) mass is 146 g/mol. The maximum absolute atomic E-state index is 10.1. The molecule has 0 saturated carbocycles. The summed E-state index contributed by atoms with van der Waals surface area (Å²) in [5, 5.41) is 0. The molecule has 0 atom stereocenters. The number of rotatable bonds is 3. The van der Waals surface area contributed by atoms with Crippen LogP contribution in [0.2, 0.25) is 0 Å². The van der Waals surface area contributed by atoms with Crippen LogP contribution in [-0.2, 0) is 8.98 Å². The highest BCUT2D eigenvalue weighted by Gasteiger charge is 1.89. The average Bonchev–Trinajstić information content (AvgIpc) is 1.80. The number of hydrogen-bond acceptors (Lipinski definition) is 3. The Hall–Kier alpha value is -0.440. The number of carbonyl (C=O) groups is 1. The van der Waals surface area contributed by atoms with Gasteiger partial charge in [-0.25, -0.2) is 0 Å². The van der Waals surface area contributed by atoms with E-state index in [4.69, 9.17) is 0 Å². The summed E-state index contributed by atoms with van der Waals surface area (Å²) in [5.74, 6) is 0.486. The molecular formula is C6H10O2S. The van der Waals surface area contributed by atoms with Crippen molar-refractivity contribution >= 4 is 18.0 Å². The molecule has 0 rings (SSSR count). The fraction of sp³-hybridized carbons (Fsp3) is 0.500. The minimum Gasteiger partial charge on any atom is -0.391 e. The summed E-state index contributed by atoms with van der Waals surface area (Å²) in [5.41, 5.74) is 0. The first-order chi connectivity index (χ1) is 4.27. The molecule has 0 aliphatic carbocycles. The number of hydrogen-bond donors (Lipinski definition) is 0. The van der Waals surface area contributed by atoms with Crippen LogP contribution in [0.5, 0.6) is 0 Å². The van der Waals surface area contributed by atoms with Crippen LogP contribution in [0.4, 0.5) is 0 Å². The Kier molecular flexibility index (Phi) is 5.41. The molecule has 3 heteroatoms. The summed E-state index contributed by atoms with van der Waals surface area (Å²) < 4.78 is 4.57. The van der Waals surface area contributed by atoms with Crippen molar-refractivity contribution in [3.05, 3.63) is 12.2 Å². The minimum absolute atomic E-state index is 0.246. The van der Waals surface area contributed by atoms with Gasteiger partial charge in [-0.15, -0.1) is 0 Å². The topological polar surface area (TPSA) is 26.3 Å². The zero-order chi connectivity index (χ0) is 7.11. The second-order valence-electron chi connectivity index (χ2n) is 1.43. The van der Waals surface area contributed by atoms with Crippen LogP contribution in [0.25, 0.3) is 0 Å². The van der Waals surface area contributed by atoms with Gasteiger partial charge in [0.05, 0.1) is 12.0 Å². The molecule has 0 heterocycles. The largest absolute Gasteiger partial charge is 0.391 e. The molecule has 0 spiro atoms. The maximum Gasteiger partial charge on any atom is 0.314 e. The molecule has 2 nitrogen and oxygen atoms in total. The molecule has 0 aromatic carbocycles. The van der Waals surface area contributed by atoms with Gasteiger partial charge >= 0.3 is 5.97 Å². The van der Waals surface area contributed by atoms with Crippen molar-refractivity contribution in [3.63, 3.8) is 0 Å². The molecule has 0 aromatic heterocycles. The Morgan fingerprint density at radius 3 is 2.89 bits per heavy atom. The second kappa shape index (κ2) is 5.69. The third-order valence-electron chi connectivity index (χ3n) is 0.576. The van der Waals surface area contributed by atoms with Crippen molar-refractivity contribution in [2.24, 2.45) is 0 Å². The van der Waals surface area contributed by atoms with Crippen LogP contribution < -0.4 is 0 Å². The van der Waals surface area contributed by atoms with Gasteiger partial charge in [-0.1, -0.05) is 12.2 Å². The lowest BCUT2D eigenvalue weighted by Gasteiger charge is -1.92. The van der Waals surface area contributed by atoms with E-state index in [0.29, 0.717) is 0 Å². The molecule has 0 aliphatic rings. The van der Waals surface area contributed by atoms with Crippen LogP contribution in [0.3, 0.4) is 0 Å². The highest BCUT2D eigenvalue weighted by molar-refractivity contribution is 7.95. The van der Waals surface area contributed by atoms with E-state index in [2.05, 4.69) is 4.18 Å². The average molecular weight is 146 g/mol. The molecule has 0 aliphatic heterocycles. The van der Waals surface area contributed by atoms with E-state index in [0.717, 1.165) is 17.8 Å². The zero-order valence-electron chi connectivity index (χ0n) is 5.59. The van der Waals surface area contributed by atoms with Gasteiger partial charge in [0.25, 0.3) is 0 Å². The van der Waals surface area contributed by atoms with E-state index in [-0.39, 0.29) is 5.97 Å². The van der Waals surface area contributed by atoms with Crippen molar-refractivity contribution in [2.75, 3.05) is 5.75 Å². The zero-order valence-corrected chi connectivity index (χ0v) is 6.40. The summed E-state index contributed by atoms with van der Waals surface area (Å²) in [6.07, 6.45) is 3.84. The maximum atomic E-state index is 10.1. The quantitative estimate of drug-likeness (QED) is 0.345. The highest BCUT2D eigenvalue weighted by Crippen LogP contribution is 2.01. The van der Waals surface area contributed by atoms with Gasteiger partial charge in [0.15, 0.2) is 0 Å². The van der Waals surface area contributed by atoms with Crippen LogP contribution in [0.1, 0.15) is 13.8 Å². The van der Waals surface area contributed by atoms with Crippen LogP contribution in [0, 0.1) is 0 Å². The Morgan fingerprint density at radius 1 is 1.78 bits per heavy atom. The molecular weight excluding hydrogens is 136 g/mol. The normalized spacial score (nSPS) is 10.0. The SMILES string of the molecule is C/C=C/CSOC(C)=O. The van der Waals surface area contributed by atoms with E-state index in [9.17, 15) is 4.79 Å². The van der Waals surface area contributed by atoms with Crippen molar-refractivity contribution in [1.29, 1.82) is 0 Å². The standard InChI is InChI=1S/C6H10O2S/c1-3-4-5-9-8-6(2)7/h3-4H,5H2,1-2H3/b4-3+. The number of allylic oxidation sites excluding steroid dienone is 1. The molecule has 52 valence electrons. The number of carbonyl (C=O) groups excluding carboxylic acids is 1. The lowest BCUT2D eigenvalue weighted by molar-refractivity contribution is -0.130. The van der Waals surface area contributed by atoms with Crippen molar-refractivity contribution in [1.82, 2.24) is 0 Å². The smallest absolute Gasteiger partial charge is 0.314 e. The first-order valence-corrected chi connectivity index (χ1v) is 3.59. The minimum atomic E-state index is -0.246. The first-order valence-electron chi connectivity index (χ1n) is 2.68. The molecule has 0 saturated heterocycles. The molecule has 0 unspecified atom stereocenters. The van der Waals surface area contributed by atoms with Crippen molar-refractivity contribution in [3.8, 4) is 0 Å². The lowest BCUT2D eigenvalue weighted by atomic mass is 10.6. The van der Waals surface area contributed by atoms with E-state index < -0.39 is 0 Å². The summed E-state index contributed by atoms with van der Waals surface area (Å²) >= 11 is 1.15. The van der Waals surface area contributed by atoms with Gasteiger partial charge in [0.2, 0.25) is 0 Å². The van der Waals surface area contributed by atoms with Gasteiger partial charge in [0.1, 0.15) is 0 Å². The second-order valence-corrected chi connectivity index (χ2v) is 2.16. The highest BCUT2D eigenvalue weighted by atomic mass is 32.2. The third kappa shape index (κ3) is 7.56. The van der Waals surface area contributed by atoms with Gasteiger partial charge in [0, 0.05) is 12.7 Å². The van der Waals surface area contributed by atoms with Gasteiger partial charge in [-0.2, -0.15) is 0 Å². The Labute approximate surface area is 59.5 Å². The molecule has 0 aromatic rings.